The molecule has 6 nitrogen and oxygen atoms in total. The van der Waals surface area contributed by atoms with Gasteiger partial charge in [0.05, 0.1) is 4.92 Å². The van der Waals surface area contributed by atoms with Gasteiger partial charge < -0.3 is 5.11 Å². The lowest BCUT2D eigenvalue weighted by atomic mass is 10.0. The van der Waals surface area contributed by atoms with Crippen LogP contribution in [0.2, 0.25) is 0 Å². The van der Waals surface area contributed by atoms with Crippen LogP contribution in [-0.4, -0.2) is 15.8 Å². The molecule has 0 atom stereocenters. The summed E-state index contributed by atoms with van der Waals surface area (Å²) in [5.74, 6) is -0.138. The van der Waals surface area contributed by atoms with Crippen LogP contribution in [0.1, 0.15) is 15.9 Å². The van der Waals surface area contributed by atoms with E-state index in [4.69, 9.17) is 10.4 Å². The number of carbonyl (C=O) groups is 1. The van der Waals surface area contributed by atoms with Gasteiger partial charge in [-0.15, -0.1) is 0 Å². The summed E-state index contributed by atoms with van der Waals surface area (Å²) < 4.78 is 0. The van der Waals surface area contributed by atoms with Gasteiger partial charge in [-0.05, 0) is 12.1 Å². The fourth-order valence-electron chi connectivity index (χ4n) is 1.49. The van der Waals surface area contributed by atoms with Gasteiger partial charge >= 0.3 is 0 Å². The summed E-state index contributed by atoms with van der Waals surface area (Å²) >= 11 is 0. The van der Waals surface area contributed by atoms with Crippen LogP contribution in [0.5, 0.6) is 0 Å². The van der Waals surface area contributed by atoms with E-state index in [1.807, 2.05) is 6.07 Å². The molecule has 0 heterocycles. The van der Waals surface area contributed by atoms with Crippen LogP contribution in [0.15, 0.2) is 54.6 Å². The van der Waals surface area contributed by atoms with Crippen LogP contribution >= 0.6 is 0 Å². The molecule has 0 saturated heterocycles. The molecule has 0 saturated carbocycles. The van der Waals surface area contributed by atoms with Crippen LogP contribution in [0.25, 0.3) is 0 Å². The Labute approximate surface area is 114 Å². The van der Waals surface area contributed by atoms with E-state index in [1.54, 1.807) is 24.3 Å². The Hall–Kier alpha value is -3.20. The standard InChI is InChI=1S/C13H9NO3.CHNO/c15-13(10-4-2-1-3-5-10)11-6-8-12(9-7-11)14(16)17;2-1-3/h1-9H;3H. The zero-order valence-corrected chi connectivity index (χ0v) is 10.3. The van der Waals surface area contributed by atoms with Crippen LogP contribution in [0.4, 0.5) is 5.69 Å². The molecule has 0 spiro atoms. The van der Waals surface area contributed by atoms with E-state index >= 15 is 0 Å². The number of hydrogen-bond donors (Lipinski definition) is 1. The number of nitrogens with zero attached hydrogens (tertiary/aromatic N) is 2. The first kappa shape index (κ1) is 14.9. The van der Waals surface area contributed by atoms with Crippen molar-refractivity contribution in [2.24, 2.45) is 0 Å². The lowest BCUT2D eigenvalue weighted by Gasteiger charge is -2.00. The van der Waals surface area contributed by atoms with Gasteiger partial charge in [-0.2, -0.15) is 5.26 Å². The first-order valence-corrected chi connectivity index (χ1v) is 5.47. The molecule has 100 valence electrons. The number of non-ortho nitro benzene ring substituents is 1. The minimum absolute atomic E-state index is 0.0189. The minimum atomic E-state index is -0.489. The van der Waals surface area contributed by atoms with Crippen LogP contribution < -0.4 is 0 Å². The molecule has 6 heteroatoms. The highest BCUT2D eigenvalue weighted by atomic mass is 16.6. The third-order valence-corrected chi connectivity index (χ3v) is 2.38. The largest absolute Gasteiger partial charge is 0.443 e. The highest BCUT2D eigenvalue weighted by Crippen LogP contribution is 2.15. The summed E-state index contributed by atoms with van der Waals surface area (Å²) in [6.07, 6.45) is 0.750. The lowest BCUT2D eigenvalue weighted by molar-refractivity contribution is -0.384. The summed E-state index contributed by atoms with van der Waals surface area (Å²) in [6.45, 7) is 0. The zero-order chi connectivity index (χ0) is 15.0. The van der Waals surface area contributed by atoms with Crippen molar-refractivity contribution in [3.8, 4) is 6.26 Å². The second-order valence-corrected chi connectivity index (χ2v) is 3.60. The van der Waals surface area contributed by atoms with E-state index in [9.17, 15) is 14.9 Å². The second kappa shape index (κ2) is 7.28. The molecule has 0 aliphatic carbocycles. The topological polar surface area (TPSA) is 104 Å². The quantitative estimate of drug-likeness (QED) is 0.399. The lowest BCUT2D eigenvalue weighted by Crippen LogP contribution is -2.00. The maximum atomic E-state index is 12.0. The molecule has 0 fully saturated rings. The second-order valence-electron chi connectivity index (χ2n) is 3.60. The Morgan fingerprint density at radius 3 is 1.95 bits per heavy atom. The number of carbonyl (C=O) groups excluding carboxylic acids is 1. The van der Waals surface area contributed by atoms with Crippen molar-refractivity contribution in [3.05, 3.63) is 75.8 Å². The van der Waals surface area contributed by atoms with E-state index in [0.29, 0.717) is 11.1 Å². The normalized spacial score (nSPS) is 8.75. The van der Waals surface area contributed by atoms with E-state index in [-0.39, 0.29) is 11.5 Å². The molecule has 0 aromatic heterocycles. The van der Waals surface area contributed by atoms with Gasteiger partial charge in [-0.25, -0.2) is 0 Å². The molecule has 0 aliphatic rings. The predicted molar refractivity (Wildman–Crippen MR) is 70.5 cm³/mol. The Kier molecular flexibility index (Phi) is 5.41. The van der Waals surface area contributed by atoms with Gasteiger partial charge in [0, 0.05) is 23.3 Å². The number of nitriles is 1. The van der Waals surface area contributed by atoms with Crippen molar-refractivity contribution in [1.82, 2.24) is 0 Å². The van der Waals surface area contributed by atoms with Gasteiger partial charge in [0.1, 0.15) is 0 Å². The molecule has 0 aliphatic heterocycles. The number of aliphatic hydroxyl groups excluding tert-OH is 1. The Balaban J connectivity index is 0.000000612. The third-order valence-electron chi connectivity index (χ3n) is 2.38. The summed E-state index contributed by atoms with van der Waals surface area (Å²) in [5, 5.41) is 24.2. The summed E-state index contributed by atoms with van der Waals surface area (Å²) in [7, 11) is 0. The highest BCUT2D eigenvalue weighted by Gasteiger charge is 2.10. The zero-order valence-electron chi connectivity index (χ0n) is 10.3. The van der Waals surface area contributed by atoms with Gasteiger partial charge in [0.2, 0.25) is 0 Å². The van der Waals surface area contributed by atoms with Gasteiger partial charge in [0.25, 0.3) is 11.9 Å². The van der Waals surface area contributed by atoms with Crippen LogP contribution in [-0.2, 0) is 0 Å². The van der Waals surface area contributed by atoms with Gasteiger partial charge in [-0.3, -0.25) is 14.9 Å². The number of rotatable bonds is 3. The third kappa shape index (κ3) is 3.92. The summed E-state index contributed by atoms with van der Waals surface area (Å²) in [4.78, 5) is 21.9. The maximum absolute atomic E-state index is 12.0. The van der Waals surface area contributed by atoms with Gasteiger partial charge in [0.15, 0.2) is 5.78 Å². The number of nitro benzene ring substituents is 1. The van der Waals surface area contributed by atoms with Crippen molar-refractivity contribution in [1.29, 1.82) is 5.26 Å². The van der Waals surface area contributed by atoms with E-state index < -0.39 is 4.92 Å². The highest BCUT2D eigenvalue weighted by molar-refractivity contribution is 6.09. The summed E-state index contributed by atoms with van der Waals surface area (Å²) in [5.41, 5.74) is 0.998. The minimum Gasteiger partial charge on any atom is -0.443 e. The van der Waals surface area contributed by atoms with Crippen molar-refractivity contribution >= 4 is 11.5 Å². The van der Waals surface area contributed by atoms with E-state index in [0.717, 1.165) is 6.26 Å². The molecule has 2 aromatic rings. The molecule has 20 heavy (non-hydrogen) atoms. The molecule has 2 rings (SSSR count). The first-order chi connectivity index (χ1) is 9.60. The number of hydrogen-bond acceptors (Lipinski definition) is 5. The molecular weight excluding hydrogens is 260 g/mol. The average molecular weight is 270 g/mol. The molecule has 0 radical (unpaired) electrons. The predicted octanol–water partition coefficient (Wildman–Crippen LogP) is 2.67. The van der Waals surface area contributed by atoms with Crippen molar-refractivity contribution in [2.45, 2.75) is 0 Å². The van der Waals surface area contributed by atoms with E-state index in [1.165, 1.54) is 24.3 Å². The SMILES string of the molecule is N#CO.O=C(c1ccccc1)c1ccc([N+](=O)[O-])cc1. The fraction of sp³-hybridized carbons (Fsp3) is 0. The molecule has 1 N–H and O–H groups in total. The first-order valence-electron chi connectivity index (χ1n) is 5.47. The maximum Gasteiger partial charge on any atom is 0.283 e. The van der Waals surface area contributed by atoms with Crippen molar-refractivity contribution in [3.63, 3.8) is 0 Å². The number of nitro groups is 1. The molecular formula is C14H10N2O4. The number of aliphatic hydroxyl groups is 1. The smallest absolute Gasteiger partial charge is 0.283 e. The number of ketones is 1. The summed E-state index contributed by atoms with van der Waals surface area (Å²) in [6, 6.07) is 14.4. The van der Waals surface area contributed by atoms with Crippen molar-refractivity contribution in [2.75, 3.05) is 0 Å². The molecule has 0 amide bonds. The van der Waals surface area contributed by atoms with Gasteiger partial charge in [-0.1, -0.05) is 30.3 Å². The fourth-order valence-corrected chi connectivity index (χ4v) is 1.49. The van der Waals surface area contributed by atoms with Crippen molar-refractivity contribution < 1.29 is 14.8 Å². The Bertz CT molecular complexity index is 630. The average Bonchev–Trinajstić information content (AvgIpc) is 2.48. The van der Waals surface area contributed by atoms with E-state index in [2.05, 4.69) is 0 Å². The van der Waals surface area contributed by atoms with Crippen LogP contribution in [0.3, 0.4) is 0 Å². The van der Waals surface area contributed by atoms with Crippen LogP contribution in [0, 0.1) is 21.6 Å². The molecule has 0 bridgehead atoms. The number of benzene rings is 2. The Morgan fingerprint density at radius 1 is 1.05 bits per heavy atom. The monoisotopic (exact) mass is 270 g/mol. The molecule has 0 unspecified atom stereocenters. The Morgan fingerprint density at radius 2 is 1.50 bits per heavy atom. The molecule has 2 aromatic carbocycles.